The molecule has 0 aromatic heterocycles. The van der Waals surface area contributed by atoms with Crippen molar-refractivity contribution in [2.24, 2.45) is 5.92 Å². The second-order valence-electron chi connectivity index (χ2n) is 4.52. The third-order valence-electron chi connectivity index (χ3n) is 2.92. The summed E-state index contributed by atoms with van der Waals surface area (Å²) in [6, 6.07) is 0. The van der Waals surface area contributed by atoms with Crippen LogP contribution in [0.3, 0.4) is 0 Å². The van der Waals surface area contributed by atoms with Gasteiger partial charge < -0.3 is 9.80 Å². The van der Waals surface area contributed by atoms with Gasteiger partial charge in [-0.05, 0) is 5.92 Å². The number of thiol groups is 1. The SMILES string of the molecule is CC(=O)N1CCN(C(=O)C(S)C(C)C)CC1. The zero-order chi connectivity index (χ0) is 12.3. The summed E-state index contributed by atoms with van der Waals surface area (Å²) in [5.74, 6) is 0.404. The highest BCUT2D eigenvalue weighted by Gasteiger charge is 2.27. The molecule has 1 heterocycles. The van der Waals surface area contributed by atoms with Crippen LogP contribution >= 0.6 is 12.6 Å². The van der Waals surface area contributed by atoms with E-state index in [0.717, 1.165) is 0 Å². The van der Waals surface area contributed by atoms with Crippen LogP contribution in [0, 0.1) is 5.92 Å². The normalized spacial score (nSPS) is 18.8. The highest BCUT2D eigenvalue weighted by Crippen LogP contribution is 2.14. The fourth-order valence-corrected chi connectivity index (χ4v) is 1.88. The summed E-state index contributed by atoms with van der Waals surface area (Å²) in [5, 5.41) is -0.233. The van der Waals surface area contributed by atoms with Gasteiger partial charge in [-0.3, -0.25) is 9.59 Å². The van der Waals surface area contributed by atoms with E-state index in [1.54, 1.807) is 16.7 Å². The van der Waals surface area contributed by atoms with Crippen LogP contribution < -0.4 is 0 Å². The average molecular weight is 244 g/mol. The van der Waals surface area contributed by atoms with Gasteiger partial charge in [0.1, 0.15) is 0 Å². The molecule has 4 nitrogen and oxygen atoms in total. The van der Waals surface area contributed by atoms with Crippen molar-refractivity contribution < 1.29 is 9.59 Å². The molecule has 1 atom stereocenters. The molecule has 0 N–H and O–H groups in total. The van der Waals surface area contributed by atoms with Crippen LogP contribution in [0.1, 0.15) is 20.8 Å². The fourth-order valence-electron chi connectivity index (χ4n) is 1.71. The second-order valence-corrected chi connectivity index (χ2v) is 5.08. The van der Waals surface area contributed by atoms with Crippen LogP contribution in [0.15, 0.2) is 0 Å². The maximum Gasteiger partial charge on any atom is 0.235 e. The Morgan fingerprint density at radius 3 is 1.88 bits per heavy atom. The molecule has 92 valence electrons. The molecular weight excluding hydrogens is 224 g/mol. The summed E-state index contributed by atoms with van der Waals surface area (Å²) in [6.07, 6.45) is 0. The minimum absolute atomic E-state index is 0.0818. The van der Waals surface area contributed by atoms with Crippen molar-refractivity contribution in [3.63, 3.8) is 0 Å². The Morgan fingerprint density at radius 2 is 1.50 bits per heavy atom. The topological polar surface area (TPSA) is 40.6 Å². The minimum Gasteiger partial charge on any atom is -0.339 e. The quantitative estimate of drug-likeness (QED) is 0.724. The Morgan fingerprint density at radius 1 is 1.06 bits per heavy atom. The molecule has 1 aliphatic heterocycles. The van der Waals surface area contributed by atoms with Crippen LogP contribution in [0.4, 0.5) is 0 Å². The molecule has 1 rings (SSSR count). The number of carbonyl (C=O) groups excluding carboxylic acids is 2. The molecule has 0 aliphatic carbocycles. The molecule has 0 spiro atoms. The molecule has 2 amide bonds. The molecule has 1 aliphatic rings. The molecule has 16 heavy (non-hydrogen) atoms. The van der Waals surface area contributed by atoms with Gasteiger partial charge >= 0.3 is 0 Å². The van der Waals surface area contributed by atoms with E-state index in [1.165, 1.54) is 0 Å². The number of nitrogens with zero attached hydrogens (tertiary/aromatic N) is 2. The van der Waals surface area contributed by atoms with Crippen molar-refractivity contribution in [2.45, 2.75) is 26.0 Å². The maximum atomic E-state index is 12.0. The first kappa shape index (κ1) is 13.4. The molecule has 1 unspecified atom stereocenters. The third-order valence-corrected chi connectivity index (χ3v) is 3.74. The third kappa shape index (κ3) is 3.14. The fraction of sp³-hybridized carbons (Fsp3) is 0.818. The van der Waals surface area contributed by atoms with Crippen molar-refractivity contribution in [1.82, 2.24) is 9.80 Å². The lowest BCUT2D eigenvalue weighted by atomic mass is 10.1. The largest absolute Gasteiger partial charge is 0.339 e. The van der Waals surface area contributed by atoms with Crippen LogP contribution in [-0.2, 0) is 9.59 Å². The number of carbonyl (C=O) groups is 2. The van der Waals surface area contributed by atoms with E-state index in [2.05, 4.69) is 12.6 Å². The predicted molar refractivity (Wildman–Crippen MR) is 66.4 cm³/mol. The van der Waals surface area contributed by atoms with Crippen LogP contribution in [0.25, 0.3) is 0 Å². The number of rotatable bonds is 2. The monoisotopic (exact) mass is 244 g/mol. The summed E-state index contributed by atoms with van der Waals surface area (Å²) in [7, 11) is 0. The van der Waals surface area contributed by atoms with Gasteiger partial charge in [0.05, 0.1) is 5.25 Å². The zero-order valence-electron chi connectivity index (χ0n) is 10.1. The number of hydrogen-bond acceptors (Lipinski definition) is 3. The first-order valence-corrected chi connectivity index (χ1v) is 6.17. The molecule has 5 heteroatoms. The molecule has 0 bridgehead atoms. The number of hydrogen-bond donors (Lipinski definition) is 1. The Balaban J connectivity index is 2.47. The van der Waals surface area contributed by atoms with Crippen LogP contribution in [0.5, 0.6) is 0 Å². The molecule has 0 aromatic rings. The molecule has 1 fully saturated rings. The summed E-state index contributed by atoms with van der Waals surface area (Å²) in [4.78, 5) is 26.7. The first-order chi connectivity index (χ1) is 7.43. The number of piperazine rings is 1. The lowest BCUT2D eigenvalue weighted by Gasteiger charge is -2.35. The summed E-state index contributed by atoms with van der Waals surface area (Å²) < 4.78 is 0. The minimum atomic E-state index is -0.233. The molecular formula is C11H20N2O2S. The standard InChI is InChI=1S/C11H20N2O2S/c1-8(2)10(16)11(15)13-6-4-12(5-7-13)9(3)14/h8,10,16H,4-7H2,1-3H3. The molecule has 0 aromatic carbocycles. The van der Waals surface area contributed by atoms with Gasteiger partial charge in [0.25, 0.3) is 0 Å². The van der Waals surface area contributed by atoms with E-state index >= 15 is 0 Å². The van der Waals surface area contributed by atoms with Crippen molar-refractivity contribution in [3.05, 3.63) is 0 Å². The van der Waals surface area contributed by atoms with Crippen LogP contribution in [0.2, 0.25) is 0 Å². The van der Waals surface area contributed by atoms with E-state index in [9.17, 15) is 9.59 Å². The summed E-state index contributed by atoms with van der Waals surface area (Å²) in [6.45, 7) is 8.07. The predicted octanol–water partition coefficient (Wildman–Crippen LogP) is 0.631. The first-order valence-electron chi connectivity index (χ1n) is 5.66. The smallest absolute Gasteiger partial charge is 0.235 e. The van der Waals surface area contributed by atoms with E-state index in [0.29, 0.717) is 26.2 Å². The van der Waals surface area contributed by atoms with Crippen molar-refractivity contribution >= 4 is 24.4 Å². The Kier molecular flexibility index (Phi) is 4.65. The maximum absolute atomic E-state index is 12.0. The van der Waals surface area contributed by atoms with Crippen LogP contribution in [-0.4, -0.2) is 53.0 Å². The zero-order valence-corrected chi connectivity index (χ0v) is 11.0. The molecule has 0 radical (unpaired) electrons. The Labute approximate surface area is 102 Å². The highest BCUT2D eigenvalue weighted by atomic mass is 32.1. The molecule has 0 saturated carbocycles. The van der Waals surface area contributed by atoms with Gasteiger partial charge in [0.2, 0.25) is 11.8 Å². The van der Waals surface area contributed by atoms with E-state index in [1.807, 2.05) is 13.8 Å². The van der Waals surface area contributed by atoms with Gasteiger partial charge in [-0.1, -0.05) is 13.8 Å². The lowest BCUT2D eigenvalue weighted by Crippen LogP contribution is -2.52. The highest BCUT2D eigenvalue weighted by molar-refractivity contribution is 7.81. The van der Waals surface area contributed by atoms with Gasteiger partial charge in [-0.15, -0.1) is 0 Å². The number of amides is 2. The van der Waals surface area contributed by atoms with E-state index < -0.39 is 0 Å². The van der Waals surface area contributed by atoms with Crippen molar-refractivity contribution in [2.75, 3.05) is 26.2 Å². The van der Waals surface area contributed by atoms with Gasteiger partial charge in [-0.2, -0.15) is 12.6 Å². The van der Waals surface area contributed by atoms with E-state index in [-0.39, 0.29) is 23.0 Å². The second kappa shape index (κ2) is 5.57. The van der Waals surface area contributed by atoms with Crippen molar-refractivity contribution in [1.29, 1.82) is 0 Å². The van der Waals surface area contributed by atoms with Gasteiger partial charge in [0.15, 0.2) is 0 Å². The van der Waals surface area contributed by atoms with Gasteiger partial charge in [0, 0.05) is 33.1 Å². The van der Waals surface area contributed by atoms with Gasteiger partial charge in [-0.25, -0.2) is 0 Å². The Hall–Kier alpha value is -0.710. The van der Waals surface area contributed by atoms with E-state index in [4.69, 9.17) is 0 Å². The lowest BCUT2D eigenvalue weighted by molar-refractivity contribution is -0.138. The summed E-state index contributed by atoms with van der Waals surface area (Å²) in [5.41, 5.74) is 0. The van der Waals surface area contributed by atoms with Crippen molar-refractivity contribution in [3.8, 4) is 0 Å². The molecule has 1 saturated heterocycles. The summed E-state index contributed by atoms with van der Waals surface area (Å²) >= 11 is 4.32. The Bertz CT molecular complexity index is 273. The average Bonchev–Trinajstić information content (AvgIpc) is 2.27.